The molecule has 1 aromatic carbocycles. The Kier molecular flexibility index (Phi) is 4.17. The van der Waals surface area contributed by atoms with Gasteiger partial charge in [0.1, 0.15) is 10.8 Å². The number of rotatable bonds is 2. The normalized spacial score (nSPS) is 20.6. The summed E-state index contributed by atoms with van der Waals surface area (Å²) in [4.78, 5) is 2.39. The van der Waals surface area contributed by atoms with E-state index in [1.807, 2.05) is 6.07 Å². The number of hydrogen-bond donors (Lipinski definition) is 1. The molecule has 1 heterocycles. The summed E-state index contributed by atoms with van der Waals surface area (Å²) in [5.41, 5.74) is 6.74. The van der Waals surface area contributed by atoms with Crippen LogP contribution in [-0.2, 0) is 0 Å². The number of halogens is 1. The van der Waals surface area contributed by atoms with Gasteiger partial charge in [0.25, 0.3) is 0 Å². The second-order valence-corrected chi connectivity index (χ2v) is 5.36. The molecule has 0 bridgehead atoms. The van der Waals surface area contributed by atoms with Crippen LogP contribution in [0.25, 0.3) is 0 Å². The monoisotopic (exact) mass is 266 g/mol. The third-order valence-corrected chi connectivity index (χ3v) is 3.82. The molecule has 0 aromatic heterocycles. The summed E-state index contributed by atoms with van der Waals surface area (Å²) in [5.74, 6) is -0.323. The maximum Gasteiger partial charge on any atom is 0.135 e. The minimum absolute atomic E-state index is 0.114. The lowest BCUT2D eigenvalue weighted by molar-refractivity contribution is 0.605. The van der Waals surface area contributed by atoms with Crippen molar-refractivity contribution in [2.45, 2.75) is 38.6 Å². The van der Waals surface area contributed by atoms with Crippen molar-refractivity contribution in [2.75, 3.05) is 11.4 Å². The molecule has 2 rings (SSSR count). The van der Waals surface area contributed by atoms with Gasteiger partial charge in [-0.15, -0.1) is 0 Å². The predicted octanol–water partition coefficient (Wildman–Crippen LogP) is 3.23. The molecule has 1 aliphatic heterocycles. The first kappa shape index (κ1) is 13.3. The van der Waals surface area contributed by atoms with Crippen LogP contribution in [0.1, 0.15) is 38.2 Å². The van der Waals surface area contributed by atoms with Gasteiger partial charge in [0.2, 0.25) is 0 Å². The minimum Gasteiger partial charge on any atom is -0.389 e. The lowest BCUT2D eigenvalue weighted by atomic mass is 10.1. The first-order chi connectivity index (χ1) is 8.59. The van der Waals surface area contributed by atoms with Crippen LogP contribution < -0.4 is 10.6 Å². The molecule has 1 fully saturated rings. The zero-order chi connectivity index (χ0) is 13.1. The summed E-state index contributed by atoms with van der Waals surface area (Å²) in [6, 6.07) is 5.61. The summed E-state index contributed by atoms with van der Waals surface area (Å²) in [5, 5.41) is 0. The fraction of sp³-hybridized carbons (Fsp3) is 0.500. The zero-order valence-corrected chi connectivity index (χ0v) is 11.5. The van der Waals surface area contributed by atoms with Gasteiger partial charge in [-0.1, -0.05) is 25.1 Å². The molecule has 0 saturated carbocycles. The first-order valence-electron chi connectivity index (χ1n) is 6.45. The summed E-state index contributed by atoms with van der Waals surface area (Å²) in [6.07, 6.45) is 4.85. The smallest absolute Gasteiger partial charge is 0.135 e. The Morgan fingerprint density at radius 2 is 2.17 bits per heavy atom. The third kappa shape index (κ3) is 2.80. The van der Waals surface area contributed by atoms with Crippen LogP contribution in [0.15, 0.2) is 18.2 Å². The lowest BCUT2D eigenvalue weighted by Gasteiger charge is -2.29. The van der Waals surface area contributed by atoms with Crippen LogP contribution in [0, 0.1) is 5.82 Å². The van der Waals surface area contributed by atoms with Gasteiger partial charge in [-0.2, -0.15) is 0 Å². The first-order valence-corrected chi connectivity index (χ1v) is 6.86. The number of thiocarbonyl (C=S) groups is 1. The number of benzene rings is 1. The van der Waals surface area contributed by atoms with E-state index >= 15 is 0 Å². The molecule has 2 N–H and O–H groups in total. The van der Waals surface area contributed by atoms with Crippen molar-refractivity contribution in [3.63, 3.8) is 0 Å². The molecule has 0 spiro atoms. The summed E-state index contributed by atoms with van der Waals surface area (Å²) in [7, 11) is 0. The SMILES string of the molecule is CC1CCCCCN1c1ccc(C(N)=S)c(F)c1. The standard InChI is InChI=1S/C14H19FN2S/c1-10-5-3-2-4-8-17(10)11-6-7-12(14(16)18)13(15)9-11/h6-7,9-10H,2-5,8H2,1H3,(H2,16,18). The summed E-state index contributed by atoms with van der Waals surface area (Å²) in [6.45, 7) is 3.19. The molecule has 18 heavy (non-hydrogen) atoms. The van der Waals surface area contributed by atoms with Crippen molar-refractivity contribution in [3.05, 3.63) is 29.6 Å². The average molecular weight is 266 g/mol. The van der Waals surface area contributed by atoms with E-state index in [2.05, 4.69) is 11.8 Å². The molecule has 1 saturated heterocycles. The van der Waals surface area contributed by atoms with Crippen LogP contribution in [0.5, 0.6) is 0 Å². The van der Waals surface area contributed by atoms with Gasteiger partial charge in [0.05, 0.1) is 0 Å². The highest BCUT2D eigenvalue weighted by atomic mass is 32.1. The van der Waals surface area contributed by atoms with E-state index in [0.717, 1.165) is 12.2 Å². The molecular weight excluding hydrogens is 247 g/mol. The molecule has 1 atom stereocenters. The quantitative estimate of drug-likeness (QED) is 0.833. The maximum atomic E-state index is 13.9. The van der Waals surface area contributed by atoms with E-state index in [0.29, 0.717) is 11.6 Å². The van der Waals surface area contributed by atoms with Crippen molar-refractivity contribution in [1.29, 1.82) is 0 Å². The Bertz CT molecular complexity index is 447. The summed E-state index contributed by atoms with van der Waals surface area (Å²) < 4.78 is 13.9. The van der Waals surface area contributed by atoms with Gasteiger partial charge in [-0.05, 0) is 38.0 Å². The fourth-order valence-corrected chi connectivity index (χ4v) is 2.71. The second-order valence-electron chi connectivity index (χ2n) is 4.92. The van der Waals surface area contributed by atoms with E-state index in [9.17, 15) is 4.39 Å². The molecule has 1 aliphatic rings. The van der Waals surface area contributed by atoms with E-state index < -0.39 is 0 Å². The Morgan fingerprint density at radius 1 is 1.39 bits per heavy atom. The van der Waals surface area contributed by atoms with Crippen molar-refractivity contribution < 1.29 is 4.39 Å². The molecule has 4 heteroatoms. The van der Waals surface area contributed by atoms with E-state index in [-0.39, 0.29) is 10.8 Å². The molecule has 0 radical (unpaired) electrons. The van der Waals surface area contributed by atoms with E-state index in [4.69, 9.17) is 18.0 Å². The highest BCUT2D eigenvalue weighted by molar-refractivity contribution is 7.80. The van der Waals surface area contributed by atoms with Gasteiger partial charge < -0.3 is 10.6 Å². The second kappa shape index (κ2) is 5.65. The van der Waals surface area contributed by atoms with Crippen molar-refractivity contribution in [3.8, 4) is 0 Å². The number of anilines is 1. The number of nitrogens with two attached hydrogens (primary N) is 1. The van der Waals surface area contributed by atoms with Gasteiger partial charge in [0, 0.05) is 23.8 Å². The molecule has 1 aromatic rings. The zero-order valence-electron chi connectivity index (χ0n) is 10.7. The Morgan fingerprint density at radius 3 is 2.83 bits per heavy atom. The maximum absolute atomic E-state index is 13.9. The largest absolute Gasteiger partial charge is 0.389 e. The van der Waals surface area contributed by atoms with Crippen molar-refractivity contribution in [1.82, 2.24) is 0 Å². The molecule has 1 unspecified atom stereocenters. The van der Waals surface area contributed by atoms with Crippen LogP contribution in [-0.4, -0.2) is 17.6 Å². The predicted molar refractivity (Wildman–Crippen MR) is 77.6 cm³/mol. The minimum atomic E-state index is -0.323. The Balaban J connectivity index is 2.27. The Hall–Kier alpha value is -1.16. The lowest BCUT2D eigenvalue weighted by Crippen LogP contribution is -2.32. The molecule has 0 amide bonds. The van der Waals surface area contributed by atoms with Gasteiger partial charge in [-0.3, -0.25) is 0 Å². The highest BCUT2D eigenvalue weighted by Gasteiger charge is 2.18. The summed E-state index contributed by atoms with van der Waals surface area (Å²) >= 11 is 4.82. The third-order valence-electron chi connectivity index (χ3n) is 3.60. The van der Waals surface area contributed by atoms with Crippen molar-refractivity contribution in [2.24, 2.45) is 5.73 Å². The van der Waals surface area contributed by atoms with Crippen LogP contribution in [0.2, 0.25) is 0 Å². The Labute approximate surface area is 113 Å². The van der Waals surface area contributed by atoms with E-state index in [1.165, 1.54) is 25.7 Å². The van der Waals surface area contributed by atoms with Crippen LogP contribution in [0.3, 0.4) is 0 Å². The number of nitrogens with zero attached hydrogens (tertiary/aromatic N) is 1. The van der Waals surface area contributed by atoms with Gasteiger partial charge in [0.15, 0.2) is 0 Å². The fourth-order valence-electron chi connectivity index (χ4n) is 2.54. The van der Waals surface area contributed by atoms with E-state index in [1.54, 1.807) is 12.1 Å². The number of hydrogen-bond acceptors (Lipinski definition) is 2. The molecule has 0 aliphatic carbocycles. The highest BCUT2D eigenvalue weighted by Crippen LogP contribution is 2.25. The molecule has 98 valence electrons. The average Bonchev–Trinajstić information content (AvgIpc) is 2.53. The van der Waals surface area contributed by atoms with Crippen LogP contribution >= 0.6 is 12.2 Å². The topological polar surface area (TPSA) is 29.3 Å². The van der Waals surface area contributed by atoms with Crippen molar-refractivity contribution >= 4 is 22.9 Å². The van der Waals surface area contributed by atoms with Gasteiger partial charge >= 0.3 is 0 Å². The van der Waals surface area contributed by atoms with Crippen LogP contribution in [0.4, 0.5) is 10.1 Å². The van der Waals surface area contributed by atoms with Gasteiger partial charge in [-0.25, -0.2) is 4.39 Å². The molecular formula is C14H19FN2S. The molecule has 2 nitrogen and oxygen atoms in total.